The summed E-state index contributed by atoms with van der Waals surface area (Å²) in [6, 6.07) is 9.97. The summed E-state index contributed by atoms with van der Waals surface area (Å²) in [4.78, 5) is 19.4. The monoisotopic (exact) mass is 419 g/mol. The van der Waals surface area contributed by atoms with E-state index in [4.69, 9.17) is 16.3 Å². The molecule has 4 rings (SSSR count). The average Bonchev–Trinajstić information content (AvgIpc) is 3.22. The molecule has 28 heavy (non-hydrogen) atoms. The first kappa shape index (κ1) is 19.9. The first-order valence-electron chi connectivity index (χ1n) is 9.78. The van der Waals surface area contributed by atoms with Gasteiger partial charge in [-0.15, -0.1) is 0 Å². The van der Waals surface area contributed by atoms with Crippen LogP contribution >= 0.6 is 22.9 Å². The average molecular weight is 420 g/mol. The predicted octanol–water partition coefficient (Wildman–Crippen LogP) is 3.12. The Kier molecular flexibility index (Phi) is 6.65. The number of carbonyl (C=O) groups is 1. The second-order valence-corrected chi connectivity index (χ2v) is 8.59. The van der Waals surface area contributed by atoms with Crippen LogP contribution in [0.25, 0.3) is 0 Å². The summed E-state index contributed by atoms with van der Waals surface area (Å²) < 4.78 is 5.91. The maximum atomic E-state index is 12.8. The Labute approximate surface area is 175 Å². The van der Waals surface area contributed by atoms with Crippen LogP contribution in [0.15, 0.2) is 41.1 Å². The zero-order valence-corrected chi connectivity index (χ0v) is 17.5. The summed E-state index contributed by atoms with van der Waals surface area (Å²) in [5.74, 6) is 0.218. The van der Waals surface area contributed by atoms with E-state index in [0.717, 1.165) is 49.9 Å². The number of rotatable bonds is 5. The number of halogens is 1. The van der Waals surface area contributed by atoms with Gasteiger partial charge in [-0.25, -0.2) is 0 Å². The molecule has 3 heterocycles. The van der Waals surface area contributed by atoms with Gasteiger partial charge in [0.15, 0.2) is 0 Å². The number of nitrogens with zero attached hydrogens (tertiary/aromatic N) is 3. The predicted molar refractivity (Wildman–Crippen MR) is 113 cm³/mol. The molecule has 1 atom stereocenters. The van der Waals surface area contributed by atoms with Crippen molar-refractivity contribution in [3.05, 3.63) is 57.2 Å². The highest BCUT2D eigenvalue weighted by Gasteiger charge is 2.27. The lowest BCUT2D eigenvalue weighted by molar-refractivity contribution is -0.136. The van der Waals surface area contributed by atoms with Crippen LogP contribution in [-0.4, -0.2) is 73.0 Å². The van der Waals surface area contributed by atoms with Crippen LogP contribution in [-0.2, 0) is 16.1 Å². The van der Waals surface area contributed by atoms with Crippen LogP contribution in [0.4, 0.5) is 0 Å². The van der Waals surface area contributed by atoms with Crippen molar-refractivity contribution in [2.24, 2.45) is 0 Å². The van der Waals surface area contributed by atoms with Gasteiger partial charge in [-0.2, -0.15) is 11.3 Å². The number of thiophene rings is 1. The minimum absolute atomic E-state index is 0.0716. The number of carbonyl (C=O) groups excluding carboxylic acids is 1. The van der Waals surface area contributed by atoms with Gasteiger partial charge in [-0.3, -0.25) is 14.6 Å². The minimum atomic E-state index is -0.0716. The van der Waals surface area contributed by atoms with Crippen molar-refractivity contribution in [1.82, 2.24) is 14.7 Å². The molecular formula is C21H26ClN3O2S. The molecule has 0 spiro atoms. The largest absolute Gasteiger partial charge is 0.371 e. The van der Waals surface area contributed by atoms with E-state index in [1.807, 2.05) is 29.2 Å². The van der Waals surface area contributed by atoms with E-state index in [-0.39, 0.29) is 12.0 Å². The van der Waals surface area contributed by atoms with Crippen molar-refractivity contribution in [2.45, 2.75) is 12.6 Å². The van der Waals surface area contributed by atoms with Crippen LogP contribution < -0.4 is 0 Å². The van der Waals surface area contributed by atoms with Crippen molar-refractivity contribution in [3.63, 3.8) is 0 Å². The van der Waals surface area contributed by atoms with Crippen molar-refractivity contribution < 1.29 is 9.53 Å². The van der Waals surface area contributed by atoms with Gasteiger partial charge in [0.05, 0.1) is 19.3 Å². The molecule has 150 valence electrons. The first-order chi connectivity index (χ1) is 13.7. The van der Waals surface area contributed by atoms with E-state index in [0.29, 0.717) is 19.7 Å². The van der Waals surface area contributed by atoms with Gasteiger partial charge in [0.25, 0.3) is 0 Å². The zero-order chi connectivity index (χ0) is 19.3. The van der Waals surface area contributed by atoms with E-state index in [9.17, 15) is 4.79 Å². The van der Waals surface area contributed by atoms with Crippen molar-refractivity contribution in [1.29, 1.82) is 0 Å². The van der Waals surface area contributed by atoms with Crippen LogP contribution in [0.5, 0.6) is 0 Å². The lowest BCUT2D eigenvalue weighted by Crippen LogP contribution is -2.52. The Hall–Kier alpha value is -1.44. The van der Waals surface area contributed by atoms with E-state index in [2.05, 4.69) is 26.6 Å². The molecule has 1 aromatic carbocycles. The Morgan fingerprint density at radius 2 is 1.93 bits per heavy atom. The van der Waals surface area contributed by atoms with Gasteiger partial charge in [0.1, 0.15) is 0 Å². The summed E-state index contributed by atoms with van der Waals surface area (Å²) in [5, 5.41) is 5.04. The fraction of sp³-hybridized carbons (Fsp3) is 0.476. The van der Waals surface area contributed by atoms with Crippen molar-refractivity contribution in [3.8, 4) is 0 Å². The first-order valence-corrected chi connectivity index (χ1v) is 11.1. The summed E-state index contributed by atoms with van der Waals surface area (Å²) in [7, 11) is 0. The zero-order valence-electron chi connectivity index (χ0n) is 15.9. The Bertz CT molecular complexity index is 778. The van der Waals surface area contributed by atoms with Crippen LogP contribution in [0, 0.1) is 0 Å². The van der Waals surface area contributed by atoms with Crippen molar-refractivity contribution >= 4 is 28.8 Å². The maximum absolute atomic E-state index is 12.8. The molecule has 0 N–H and O–H groups in total. The third kappa shape index (κ3) is 4.93. The quantitative estimate of drug-likeness (QED) is 0.746. The number of benzene rings is 1. The summed E-state index contributed by atoms with van der Waals surface area (Å²) in [6.07, 6.45) is -0.0716. The van der Waals surface area contributed by atoms with E-state index in [1.165, 1.54) is 5.56 Å². The fourth-order valence-corrected chi connectivity index (χ4v) is 4.78. The maximum Gasteiger partial charge on any atom is 0.236 e. The smallest absolute Gasteiger partial charge is 0.236 e. The molecule has 0 radical (unpaired) electrons. The fourth-order valence-electron chi connectivity index (χ4n) is 3.86. The highest BCUT2D eigenvalue weighted by atomic mass is 35.5. The molecule has 1 amide bonds. The number of piperazine rings is 1. The third-order valence-electron chi connectivity index (χ3n) is 5.47. The van der Waals surface area contributed by atoms with Gasteiger partial charge >= 0.3 is 0 Å². The molecule has 2 aliphatic heterocycles. The SMILES string of the molecule is O=C(CN1CCOC(c2ccccc2Cl)C1)N1CCN(Cc2ccsc2)CC1. The molecule has 2 aliphatic rings. The minimum Gasteiger partial charge on any atom is -0.371 e. The Balaban J connectivity index is 1.26. The van der Waals surface area contributed by atoms with Gasteiger partial charge in [0, 0.05) is 56.4 Å². The highest BCUT2D eigenvalue weighted by Crippen LogP contribution is 2.28. The summed E-state index contributed by atoms with van der Waals surface area (Å²) in [5.41, 5.74) is 2.37. The van der Waals surface area contributed by atoms with Crippen LogP contribution in [0.3, 0.4) is 0 Å². The van der Waals surface area contributed by atoms with Gasteiger partial charge in [0.2, 0.25) is 5.91 Å². The van der Waals surface area contributed by atoms with E-state index >= 15 is 0 Å². The number of morpholine rings is 1. The van der Waals surface area contributed by atoms with E-state index < -0.39 is 0 Å². The van der Waals surface area contributed by atoms with Gasteiger partial charge in [-0.05, 0) is 28.5 Å². The second-order valence-electron chi connectivity index (χ2n) is 7.40. The van der Waals surface area contributed by atoms with Gasteiger partial charge < -0.3 is 9.64 Å². The molecule has 5 nitrogen and oxygen atoms in total. The topological polar surface area (TPSA) is 36.0 Å². The molecule has 2 fully saturated rings. The van der Waals surface area contributed by atoms with Crippen molar-refractivity contribution in [2.75, 3.05) is 52.4 Å². The lowest BCUT2D eigenvalue weighted by Gasteiger charge is -2.37. The molecule has 0 bridgehead atoms. The number of hydrogen-bond donors (Lipinski definition) is 0. The third-order valence-corrected chi connectivity index (χ3v) is 6.55. The Morgan fingerprint density at radius 1 is 1.11 bits per heavy atom. The summed E-state index contributed by atoms with van der Waals surface area (Å²) >= 11 is 8.06. The lowest BCUT2D eigenvalue weighted by atomic mass is 10.1. The molecule has 0 aliphatic carbocycles. The summed E-state index contributed by atoms with van der Waals surface area (Å²) in [6.45, 7) is 7.03. The normalized spacial score (nSPS) is 21.8. The van der Waals surface area contributed by atoms with Gasteiger partial charge in [-0.1, -0.05) is 29.8 Å². The molecule has 1 aromatic heterocycles. The molecule has 0 saturated carbocycles. The second kappa shape index (κ2) is 9.37. The molecule has 2 saturated heterocycles. The van der Waals surface area contributed by atoms with E-state index in [1.54, 1.807) is 11.3 Å². The molecule has 2 aromatic rings. The number of hydrogen-bond acceptors (Lipinski definition) is 5. The number of amides is 1. The molecular weight excluding hydrogens is 394 g/mol. The highest BCUT2D eigenvalue weighted by molar-refractivity contribution is 7.07. The molecule has 1 unspecified atom stereocenters. The van der Waals surface area contributed by atoms with Crippen LogP contribution in [0.2, 0.25) is 5.02 Å². The molecule has 7 heteroatoms. The number of ether oxygens (including phenoxy) is 1. The Morgan fingerprint density at radius 3 is 2.68 bits per heavy atom. The van der Waals surface area contributed by atoms with Crippen LogP contribution in [0.1, 0.15) is 17.2 Å². The standard InChI is InChI=1S/C21H26ClN3O2S/c22-19-4-2-1-3-18(19)20-14-24(10-11-27-20)15-21(26)25-8-6-23(7-9-25)13-17-5-12-28-16-17/h1-5,12,16,20H,6-11,13-15H2.